The highest BCUT2D eigenvalue weighted by atomic mass is 32.3. The SMILES string of the molecule is CCCCCCCCOS(=O)(=O)[O-].c1ccc([S+](c2ccccc2)c2ccccc2)cc1. The summed E-state index contributed by atoms with van der Waals surface area (Å²) >= 11 is 0. The molecular weight excluding hydrogens is 440 g/mol. The van der Waals surface area contributed by atoms with Crippen LogP contribution in [-0.4, -0.2) is 19.6 Å². The topological polar surface area (TPSA) is 66.4 Å². The summed E-state index contributed by atoms with van der Waals surface area (Å²) in [5, 5.41) is 0. The molecule has 172 valence electrons. The normalized spacial score (nSPS) is 11.1. The second-order valence-electron chi connectivity index (χ2n) is 7.24. The molecule has 4 nitrogen and oxygen atoms in total. The van der Waals surface area contributed by atoms with Gasteiger partial charge in [-0.3, -0.25) is 4.18 Å². The first-order valence-electron chi connectivity index (χ1n) is 11.0. The van der Waals surface area contributed by atoms with Crippen LogP contribution in [0.4, 0.5) is 0 Å². The summed E-state index contributed by atoms with van der Waals surface area (Å²) in [6.45, 7) is 2.16. The van der Waals surface area contributed by atoms with Crippen molar-refractivity contribution >= 4 is 21.3 Å². The maximum Gasteiger partial charge on any atom is 0.217 e. The molecule has 0 aliphatic carbocycles. The van der Waals surface area contributed by atoms with Crippen LogP contribution in [0.2, 0.25) is 0 Å². The molecule has 0 saturated carbocycles. The van der Waals surface area contributed by atoms with E-state index in [2.05, 4.69) is 102 Å². The predicted molar refractivity (Wildman–Crippen MR) is 131 cm³/mol. The molecule has 3 rings (SSSR count). The smallest absolute Gasteiger partial charge is 0.217 e. The molecule has 0 atom stereocenters. The third kappa shape index (κ3) is 10.5. The van der Waals surface area contributed by atoms with E-state index < -0.39 is 10.4 Å². The van der Waals surface area contributed by atoms with Crippen LogP contribution in [-0.2, 0) is 25.5 Å². The van der Waals surface area contributed by atoms with Gasteiger partial charge in [-0.15, -0.1) is 0 Å². The van der Waals surface area contributed by atoms with Crippen LogP contribution in [0.25, 0.3) is 0 Å². The quantitative estimate of drug-likeness (QED) is 0.136. The van der Waals surface area contributed by atoms with Gasteiger partial charge in [-0.25, -0.2) is 8.42 Å². The van der Waals surface area contributed by atoms with Crippen molar-refractivity contribution in [3.63, 3.8) is 0 Å². The molecule has 0 fully saturated rings. The molecule has 0 amide bonds. The van der Waals surface area contributed by atoms with Crippen molar-refractivity contribution in [1.82, 2.24) is 0 Å². The first-order valence-corrected chi connectivity index (χ1v) is 13.6. The Kier molecular flexibility index (Phi) is 12.1. The Morgan fingerprint density at radius 1 is 0.656 bits per heavy atom. The maximum absolute atomic E-state index is 9.99. The molecule has 0 radical (unpaired) electrons. The van der Waals surface area contributed by atoms with Crippen LogP contribution in [0.5, 0.6) is 0 Å². The Hall–Kier alpha value is -2.12. The van der Waals surface area contributed by atoms with E-state index in [1.165, 1.54) is 33.9 Å². The fourth-order valence-corrected chi connectivity index (χ4v) is 5.55. The summed E-state index contributed by atoms with van der Waals surface area (Å²) in [5.74, 6) is 0. The minimum absolute atomic E-state index is 0.0146. The third-order valence-electron chi connectivity index (χ3n) is 4.66. The average Bonchev–Trinajstić information content (AvgIpc) is 2.81. The maximum atomic E-state index is 9.99. The lowest BCUT2D eigenvalue weighted by molar-refractivity contribution is 0.255. The lowest BCUT2D eigenvalue weighted by atomic mass is 10.1. The minimum Gasteiger partial charge on any atom is -0.726 e. The fraction of sp³-hybridized carbons (Fsp3) is 0.308. The first kappa shape index (κ1) is 26.1. The van der Waals surface area contributed by atoms with Crippen molar-refractivity contribution in [1.29, 1.82) is 0 Å². The van der Waals surface area contributed by atoms with E-state index in [4.69, 9.17) is 0 Å². The van der Waals surface area contributed by atoms with Crippen LogP contribution in [0.1, 0.15) is 45.4 Å². The van der Waals surface area contributed by atoms with Crippen LogP contribution in [0, 0.1) is 0 Å². The van der Waals surface area contributed by atoms with Crippen LogP contribution in [0.15, 0.2) is 106 Å². The Labute approximate surface area is 196 Å². The monoisotopic (exact) mass is 472 g/mol. The van der Waals surface area contributed by atoms with E-state index in [0.29, 0.717) is 6.42 Å². The van der Waals surface area contributed by atoms with E-state index in [0.717, 1.165) is 12.8 Å². The van der Waals surface area contributed by atoms with Crippen molar-refractivity contribution < 1.29 is 17.2 Å². The summed E-state index contributed by atoms with van der Waals surface area (Å²) in [6, 6.07) is 32.2. The van der Waals surface area contributed by atoms with Crippen molar-refractivity contribution in [3.05, 3.63) is 91.0 Å². The number of benzene rings is 3. The number of hydrogen-bond donors (Lipinski definition) is 0. The lowest BCUT2D eigenvalue weighted by Gasteiger charge is -2.07. The molecular formula is C26H32O4S2. The van der Waals surface area contributed by atoms with Crippen molar-refractivity contribution in [2.75, 3.05) is 6.61 Å². The molecule has 0 saturated heterocycles. The van der Waals surface area contributed by atoms with Gasteiger partial charge in [0.25, 0.3) is 0 Å². The van der Waals surface area contributed by atoms with E-state index >= 15 is 0 Å². The van der Waals surface area contributed by atoms with Gasteiger partial charge in [0.1, 0.15) is 0 Å². The molecule has 3 aromatic carbocycles. The van der Waals surface area contributed by atoms with Crippen molar-refractivity contribution in [3.8, 4) is 0 Å². The van der Waals surface area contributed by atoms with Crippen LogP contribution >= 0.6 is 0 Å². The van der Waals surface area contributed by atoms with Gasteiger partial charge in [0.15, 0.2) is 14.7 Å². The molecule has 0 aromatic heterocycles. The van der Waals surface area contributed by atoms with Gasteiger partial charge in [-0.05, 0) is 42.8 Å². The average molecular weight is 473 g/mol. The highest BCUT2D eigenvalue weighted by molar-refractivity contribution is 7.97. The summed E-state index contributed by atoms with van der Waals surface area (Å²) in [5.41, 5.74) is 0. The van der Waals surface area contributed by atoms with Crippen molar-refractivity contribution in [2.45, 2.75) is 60.1 Å². The molecule has 0 heterocycles. The number of unbranched alkanes of at least 4 members (excludes halogenated alkanes) is 5. The zero-order chi connectivity index (χ0) is 23.1. The summed E-state index contributed by atoms with van der Waals surface area (Å²) in [6.07, 6.45) is 6.21. The van der Waals surface area contributed by atoms with Gasteiger partial charge >= 0.3 is 0 Å². The lowest BCUT2D eigenvalue weighted by Crippen LogP contribution is -2.05. The Balaban J connectivity index is 0.000000247. The molecule has 6 heteroatoms. The molecule has 32 heavy (non-hydrogen) atoms. The van der Waals surface area contributed by atoms with Crippen LogP contribution < -0.4 is 0 Å². The molecule has 0 spiro atoms. The molecule has 0 aliphatic heterocycles. The van der Waals surface area contributed by atoms with Gasteiger partial charge in [-0.1, -0.05) is 93.6 Å². The molecule has 0 N–H and O–H groups in total. The molecule has 0 unspecified atom stereocenters. The van der Waals surface area contributed by atoms with Gasteiger partial charge in [0.2, 0.25) is 10.4 Å². The molecule has 0 aliphatic rings. The Morgan fingerprint density at radius 3 is 1.41 bits per heavy atom. The predicted octanol–water partition coefficient (Wildman–Crippen LogP) is 6.61. The van der Waals surface area contributed by atoms with Gasteiger partial charge in [0.05, 0.1) is 17.5 Å². The molecule has 3 aromatic rings. The summed E-state index contributed by atoms with van der Waals surface area (Å²) < 4.78 is 34.0. The largest absolute Gasteiger partial charge is 0.726 e. The zero-order valence-corrected chi connectivity index (χ0v) is 20.2. The second-order valence-corrected chi connectivity index (χ2v) is 10.3. The van der Waals surface area contributed by atoms with E-state index in [1.54, 1.807) is 0 Å². The highest BCUT2D eigenvalue weighted by Gasteiger charge is 2.27. The second kappa shape index (κ2) is 14.9. The van der Waals surface area contributed by atoms with E-state index in [1.807, 2.05) is 0 Å². The summed E-state index contributed by atoms with van der Waals surface area (Å²) in [4.78, 5) is 4.08. The Morgan fingerprint density at radius 2 is 1.03 bits per heavy atom. The van der Waals surface area contributed by atoms with Gasteiger partial charge < -0.3 is 4.55 Å². The standard InChI is InChI=1S/C18H15S.C8H18O4S/c1-4-10-16(11-5-1)19(17-12-6-2-7-13-17)18-14-8-3-9-15-18;1-2-3-4-5-6-7-8-12-13(9,10)11/h1-15H;2-8H2,1H3,(H,9,10,11)/q+1;/p-1. The summed E-state index contributed by atoms with van der Waals surface area (Å²) in [7, 11) is -4.49. The van der Waals surface area contributed by atoms with E-state index in [9.17, 15) is 13.0 Å². The number of hydrogen-bond acceptors (Lipinski definition) is 4. The van der Waals surface area contributed by atoms with Gasteiger partial charge in [0, 0.05) is 0 Å². The highest BCUT2D eigenvalue weighted by Crippen LogP contribution is 2.30. The minimum atomic E-state index is -4.47. The van der Waals surface area contributed by atoms with Gasteiger partial charge in [-0.2, -0.15) is 0 Å². The third-order valence-corrected chi connectivity index (χ3v) is 7.35. The molecule has 0 bridgehead atoms. The Bertz CT molecular complexity index is 869. The van der Waals surface area contributed by atoms with Crippen molar-refractivity contribution in [2.24, 2.45) is 0 Å². The zero-order valence-electron chi connectivity index (χ0n) is 18.6. The fourth-order valence-electron chi connectivity index (χ4n) is 3.12. The first-order chi connectivity index (χ1) is 15.5. The number of rotatable bonds is 11. The van der Waals surface area contributed by atoms with E-state index in [-0.39, 0.29) is 17.5 Å². The van der Waals surface area contributed by atoms with Crippen LogP contribution in [0.3, 0.4) is 0 Å².